The second-order valence-corrected chi connectivity index (χ2v) is 7.38. The molecule has 0 saturated carbocycles. The van der Waals surface area contributed by atoms with Gasteiger partial charge in [0.05, 0.1) is 5.39 Å². The van der Waals surface area contributed by atoms with E-state index < -0.39 is 0 Å². The molecular formula is C20H26FN3O. The van der Waals surface area contributed by atoms with Crippen LogP contribution >= 0.6 is 0 Å². The highest BCUT2D eigenvalue weighted by Gasteiger charge is 2.20. The second-order valence-electron chi connectivity index (χ2n) is 7.38. The number of aromatic amines is 1. The zero-order chi connectivity index (χ0) is 17.2. The van der Waals surface area contributed by atoms with Crippen LogP contribution in [0, 0.1) is 5.82 Å². The highest BCUT2D eigenvalue weighted by molar-refractivity contribution is 5.85. The lowest BCUT2D eigenvalue weighted by atomic mass is 9.98. The smallest absolute Gasteiger partial charge is 0.256 e. The van der Waals surface area contributed by atoms with Crippen LogP contribution in [0.2, 0.25) is 0 Å². The number of benzene rings is 1. The summed E-state index contributed by atoms with van der Waals surface area (Å²) in [4.78, 5) is 20.2. The molecule has 5 heteroatoms. The minimum atomic E-state index is -0.354. The number of piperidine rings is 1. The Bertz CT molecular complexity index is 810. The quantitative estimate of drug-likeness (QED) is 0.928. The van der Waals surface area contributed by atoms with E-state index in [0.29, 0.717) is 5.39 Å². The predicted octanol–water partition coefficient (Wildman–Crippen LogP) is 2.90. The lowest BCUT2D eigenvalue weighted by Gasteiger charge is -2.31. The Kier molecular flexibility index (Phi) is 4.86. The number of halogens is 1. The molecule has 0 unspecified atom stereocenters. The standard InChI is InChI=1S/C20H26FN3O/c21-15-5-6-16-17(13-15)20(25)22-19-7-12-24(14-18(16)19)11-4-10-23-8-2-1-3-9-23/h5-6,13H,1-4,7-12,14H2,(H,22,25). The monoisotopic (exact) mass is 343 g/mol. The third-order valence-electron chi connectivity index (χ3n) is 5.64. The number of nitrogens with zero attached hydrogens (tertiary/aromatic N) is 2. The number of rotatable bonds is 4. The van der Waals surface area contributed by atoms with Crippen LogP contribution in [0.25, 0.3) is 10.8 Å². The summed E-state index contributed by atoms with van der Waals surface area (Å²) in [6.45, 7) is 6.59. The molecule has 2 aliphatic heterocycles. The van der Waals surface area contributed by atoms with E-state index >= 15 is 0 Å². The molecule has 0 bridgehead atoms. The van der Waals surface area contributed by atoms with Crippen molar-refractivity contribution in [1.29, 1.82) is 0 Å². The van der Waals surface area contributed by atoms with Crippen molar-refractivity contribution in [3.05, 3.63) is 45.6 Å². The van der Waals surface area contributed by atoms with Crippen molar-refractivity contribution in [2.45, 2.75) is 38.6 Å². The van der Waals surface area contributed by atoms with Crippen LogP contribution in [-0.2, 0) is 13.0 Å². The predicted molar refractivity (Wildman–Crippen MR) is 98.4 cm³/mol. The van der Waals surface area contributed by atoms with Gasteiger partial charge >= 0.3 is 0 Å². The number of hydrogen-bond donors (Lipinski definition) is 1. The SMILES string of the molecule is O=c1[nH]c2c(c3ccc(F)cc13)CN(CCCN1CCCCC1)CC2. The summed E-state index contributed by atoms with van der Waals surface area (Å²) in [5.41, 5.74) is 2.02. The molecule has 0 spiro atoms. The van der Waals surface area contributed by atoms with Crippen LogP contribution in [0.5, 0.6) is 0 Å². The lowest BCUT2D eigenvalue weighted by Crippen LogP contribution is -2.36. The van der Waals surface area contributed by atoms with Gasteiger partial charge in [0.1, 0.15) is 5.82 Å². The molecule has 1 fully saturated rings. The van der Waals surface area contributed by atoms with Gasteiger partial charge in [0, 0.05) is 25.2 Å². The average Bonchev–Trinajstić information content (AvgIpc) is 2.63. The molecule has 0 atom stereocenters. The molecule has 4 rings (SSSR count). The van der Waals surface area contributed by atoms with Crippen LogP contribution < -0.4 is 5.56 Å². The summed E-state index contributed by atoms with van der Waals surface area (Å²) < 4.78 is 13.5. The van der Waals surface area contributed by atoms with Crippen molar-refractivity contribution in [2.24, 2.45) is 0 Å². The number of fused-ring (bicyclic) bond motifs is 3. The topological polar surface area (TPSA) is 39.3 Å². The maximum Gasteiger partial charge on any atom is 0.256 e. The van der Waals surface area contributed by atoms with Crippen molar-refractivity contribution in [2.75, 3.05) is 32.7 Å². The maximum atomic E-state index is 13.5. The Hall–Kier alpha value is -1.72. The average molecular weight is 343 g/mol. The Labute approximate surface area is 147 Å². The van der Waals surface area contributed by atoms with E-state index in [4.69, 9.17) is 0 Å². The highest BCUT2D eigenvalue weighted by atomic mass is 19.1. The number of pyridine rings is 1. The van der Waals surface area contributed by atoms with Crippen LogP contribution in [0.15, 0.2) is 23.0 Å². The molecule has 134 valence electrons. The van der Waals surface area contributed by atoms with Gasteiger partial charge < -0.3 is 9.88 Å². The van der Waals surface area contributed by atoms with Gasteiger partial charge in [-0.15, -0.1) is 0 Å². The lowest BCUT2D eigenvalue weighted by molar-refractivity contribution is 0.196. The van der Waals surface area contributed by atoms with Gasteiger partial charge in [0.25, 0.3) is 5.56 Å². The summed E-state index contributed by atoms with van der Waals surface area (Å²) in [6, 6.07) is 4.57. The Morgan fingerprint density at radius 2 is 1.80 bits per heavy atom. The molecule has 0 radical (unpaired) electrons. The van der Waals surface area contributed by atoms with Crippen molar-refractivity contribution >= 4 is 10.8 Å². The molecule has 1 N–H and O–H groups in total. The van der Waals surface area contributed by atoms with E-state index in [-0.39, 0.29) is 11.4 Å². The first-order chi connectivity index (χ1) is 12.2. The van der Waals surface area contributed by atoms with Crippen molar-refractivity contribution in [3.63, 3.8) is 0 Å². The van der Waals surface area contributed by atoms with E-state index in [0.717, 1.165) is 37.1 Å². The molecule has 25 heavy (non-hydrogen) atoms. The minimum absolute atomic E-state index is 0.174. The van der Waals surface area contributed by atoms with E-state index in [1.165, 1.54) is 63.0 Å². The van der Waals surface area contributed by atoms with Gasteiger partial charge in [-0.25, -0.2) is 4.39 Å². The minimum Gasteiger partial charge on any atom is -0.325 e. The van der Waals surface area contributed by atoms with Crippen molar-refractivity contribution in [3.8, 4) is 0 Å². The Morgan fingerprint density at radius 3 is 2.64 bits per heavy atom. The van der Waals surface area contributed by atoms with Gasteiger partial charge in [-0.2, -0.15) is 0 Å². The summed E-state index contributed by atoms with van der Waals surface area (Å²) >= 11 is 0. The van der Waals surface area contributed by atoms with Crippen LogP contribution in [0.3, 0.4) is 0 Å². The fraction of sp³-hybridized carbons (Fsp3) is 0.550. The zero-order valence-corrected chi connectivity index (χ0v) is 14.7. The number of aromatic nitrogens is 1. The summed E-state index contributed by atoms with van der Waals surface area (Å²) in [7, 11) is 0. The fourth-order valence-corrected chi connectivity index (χ4v) is 4.27. The molecule has 1 aromatic carbocycles. The largest absolute Gasteiger partial charge is 0.325 e. The number of likely N-dealkylation sites (tertiary alicyclic amines) is 1. The van der Waals surface area contributed by atoms with Crippen LogP contribution in [0.4, 0.5) is 4.39 Å². The van der Waals surface area contributed by atoms with E-state index in [2.05, 4.69) is 14.8 Å². The van der Waals surface area contributed by atoms with Gasteiger partial charge in [-0.1, -0.05) is 12.5 Å². The van der Waals surface area contributed by atoms with Gasteiger partial charge in [0.15, 0.2) is 0 Å². The third kappa shape index (κ3) is 3.62. The fourth-order valence-electron chi connectivity index (χ4n) is 4.27. The van der Waals surface area contributed by atoms with Gasteiger partial charge in [-0.05, 0) is 68.5 Å². The highest BCUT2D eigenvalue weighted by Crippen LogP contribution is 2.24. The Balaban J connectivity index is 1.46. The molecule has 2 aliphatic rings. The van der Waals surface area contributed by atoms with Gasteiger partial charge in [0.2, 0.25) is 0 Å². The molecule has 0 aliphatic carbocycles. The van der Waals surface area contributed by atoms with E-state index in [1.807, 2.05) is 0 Å². The summed E-state index contributed by atoms with van der Waals surface area (Å²) in [5, 5.41) is 1.37. The first kappa shape index (κ1) is 16.7. The summed E-state index contributed by atoms with van der Waals surface area (Å²) in [6.07, 6.45) is 6.11. The first-order valence-electron chi connectivity index (χ1n) is 9.49. The number of H-pyrrole nitrogens is 1. The molecular weight excluding hydrogens is 317 g/mol. The zero-order valence-electron chi connectivity index (χ0n) is 14.7. The van der Waals surface area contributed by atoms with Crippen LogP contribution in [0.1, 0.15) is 36.9 Å². The van der Waals surface area contributed by atoms with E-state index in [9.17, 15) is 9.18 Å². The first-order valence-corrected chi connectivity index (χ1v) is 9.49. The molecule has 1 saturated heterocycles. The molecule has 2 aromatic rings. The normalized spacial score (nSPS) is 19.2. The summed E-state index contributed by atoms with van der Waals surface area (Å²) in [5.74, 6) is -0.354. The van der Waals surface area contributed by atoms with Crippen molar-refractivity contribution < 1.29 is 4.39 Å². The third-order valence-corrected chi connectivity index (χ3v) is 5.64. The number of hydrogen-bond acceptors (Lipinski definition) is 3. The Morgan fingerprint density at radius 1 is 1.00 bits per heavy atom. The number of nitrogens with one attached hydrogen (secondary N) is 1. The molecule has 0 amide bonds. The maximum absolute atomic E-state index is 13.5. The van der Waals surface area contributed by atoms with E-state index in [1.54, 1.807) is 6.07 Å². The molecule has 4 nitrogen and oxygen atoms in total. The van der Waals surface area contributed by atoms with Crippen molar-refractivity contribution in [1.82, 2.24) is 14.8 Å². The molecule has 3 heterocycles. The second kappa shape index (κ2) is 7.26. The van der Waals surface area contributed by atoms with Gasteiger partial charge in [-0.3, -0.25) is 9.69 Å². The molecule has 1 aromatic heterocycles. The van der Waals surface area contributed by atoms with Crippen LogP contribution in [-0.4, -0.2) is 47.5 Å².